The summed E-state index contributed by atoms with van der Waals surface area (Å²) in [6, 6.07) is 36.0. The summed E-state index contributed by atoms with van der Waals surface area (Å²) in [5, 5.41) is 56.1. The number of anilines is 1. The minimum atomic E-state index is -3.47. The minimum absolute atomic E-state index is 0. The summed E-state index contributed by atoms with van der Waals surface area (Å²) in [5.41, 5.74) is 12.2. The van der Waals surface area contributed by atoms with Crippen LogP contribution in [0.2, 0.25) is 5.02 Å². The van der Waals surface area contributed by atoms with Crippen LogP contribution in [0.4, 0.5) is 34.1 Å². The second kappa shape index (κ2) is 63.2. The molecule has 2 fully saturated rings. The van der Waals surface area contributed by atoms with Crippen molar-refractivity contribution in [2.75, 3.05) is 99.5 Å². The Hall–Kier alpha value is -5.77. The normalized spacial score (nSPS) is 12.8. The fourth-order valence-corrected chi connectivity index (χ4v) is 20.1. The Bertz CT molecular complexity index is 4550. The van der Waals surface area contributed by atoms with Gasteiger partial charge in [0.1, 0.15) is 20.0 Å². The average molecular weight is 2060 g/mol. The summed E-state index contributed by atoms with van der Waals surface area (Å²) >= 11 is 15.6. The molecular weight excluding hydrogens is 1960 g/mol. The van der Waals surface area contributed by atoms with Crippen LogP contribution in [0, 0.1) is 57.2 Å². The molecule has 2 radical (unpaired) electrons. The fourth-order valence-electron chi connectivity index (χ4n) is 9.95. The third-order valence-corrected chi connectivity index (χ3v) is 29.6. The largest absolute Gasteiger partial charge is 2.00 e. The van der Waals surface area contributed by atoms with Crippen molar-refractivity contribution < 1.29 is 111 Å². The molecule has 119 heavy (non-hydrogen) atoms. The Labute approximate surface area is 754 Å². The van der Waals surface area contributed by atoms with Crippen LogP contribution in [0.5, 0.6) is 34.5 Å². The molecule has 1 unspecified atom stereocenters. The average Bonchev–Trinajstić information content (AvgIpc) is 0.805. The van der Waals surface area contributed by atoms with E-state index in [0.717, 1.165) is 55.8 Å². The topological polar surface area (TPSA) is 456 Å². The summed E-state index contributed by atoms with van der Waals surface area (Å²) in [7, 11) is 6.18. The first-order chi connectivity index (χ1) is 54.8. The number of hydrogen-bond donors (Lipinski definition) is 3. The number of ether oxygens (including phenoxy) is 6. The number of benzene rings is 7. The van der Waals surface area contributed by atoms with Crippen molar-refractivity contribution in [1.82, 2.24) is 0 Å². The van der Waals surface area contributed by atoms with Crippen molar-refractivity contribution in [2.45, 2.75) is 73.3 Å². The summed E-state index contributed by atoms with van der Waals surface area (Å²) in [6.45, 7) is 22.7. The standard InChI is InChI=1S/C12H16NO4P.C12H18NO2P.C11H12NO4P.C10H14NO5P.C7H6Cl2NO4P.C7H6ClNO3.C7H9N.C4H11O3P.C2H3.CH4.BrH.2ClH.Mg.Sn/c1-17-12-9-10(5-6-11(12)13(14)15)18(16)7-3-2-4-8-18;1-15-12-9-10(5-6-11(12)13)16(14)7-3-2-4-8-16;1-4-17(15,5-2)9-6-7-10(12(13)14)11(8-9)16-3;1-4-16-17(3,14)8-5-6-9(11(12)13)10(7-8)15-2;1-14-7-4-5(15(8,9)13)2-3-6(7)10(11)12;1-12-7-4-5(8)2-3-6(7)9(10)11;8-6-7-4-2-1-3-5-7;1-3-6-8(5)7-4-2;1-2;;;;;;/h5-6,9H,2-4,7-8H2,1H3;5-6,9H,2-4,7-8,13H2,1H3;4-8H,1-2H2,3H3;5-7H,4H2,1-3H3;2-4H,1H3;2-4H,1H3;1-5H,6,8H2;5H,3-4H2,1-2H3;1H,2H2;1H4;3*1H;;/q;;;;;;;;-1;;;;;2*+2/p-3. The second-order valence-corrected chi connectivity index (χ2v) is 44.9. The number of nitrogens with two attached hydrogens (primary N) is 2. The number of nitrogens with zero attached hydrogens (tertiary/aromatic N) is 5. The first kappa shape index (κ1) is 120. The summed E-state index contributed by atoms with van der Waals surface area (Å²) in [4.78, 5) is 59.0. The quantitative estimate of drug-likeness (QED) is 0.0119. The van der Waals surface area contributed by atoms with Crippen molar-refractivity contribution in [3.8, 4) is 34.5 Å². The van der Waals surface area contributed by atoms with Crippen LogP contribution in [0.1, 0.15) is 72.3 Å². The van der Waals surface area contributed by atoms with E-state index < -0.39 is 86.7 Å². The van der Waals surface area contributed by atoms with Crippen molar-refractivity contribution in [3.63, 3.8) is 0 Å². The Kier molecular flexibility index (Phi) is 63.5. The first-order valence-electron chi connectivity index (χ1n) is 34.1. The van der Waals surface area contributed by atoms with Crippen LogP contribution in [-0.4, -0.2) is 165 Å². The maximum Gasteiger partial charge on any atom is 2.00 e. The van der Waals surface area contributed by atoms with Gasteiger partial charge in [-0.2, -0.15) is 0 Å². The number of halogens is 6. The molecule has 7 aromatic rings. The minimum Gasteiger partial charge on any atom is 2.00 e. The van der Waals surface area contributed by atoms with Crippen molar-refractivity contribution in [3.05, 3.63) is 239 Å². The Morgan fingerprint density at radius 3 is 1.16 bits per heavy atom. The molecule has 2 heterocycles. The molecule has 0 aliphatic carbocycles. The smallest absolute Gasteiger partial charge is 2.00 e. The van der Waals surface area contributed by atoms with E-state index in [-0.39, 0.29) is 110 Å². The van der Waals surface area contributed by atoms with E-state index >= 15 is 0 Å². The number of methoxy groups -OCH3 is 6. The molecule has 2 aliphatic rings. The zero-order valence-electron chi connectivity index (χ0n) is 66.3. The molecule has 2 aliphatic heterocycles. The molecule has 0 bridgehead atoms. The number of nitrogen functional groups attached to an aromatic ring is 1. The zero-order chi connectivity index (χ0) is 88.6. The van der Waals surface area contributed by atoms with Crippen molar-refractivity contribution in [1.29, 1.82) is 0 Å². The predicted molar refractivity (Wildman–Crippen MR) is 480 cm³/mol. The maximum absolute atomic E-state index is 12.8. The van der Waals surface area contributed by atoms with Gasteiger partial charge in [-0.3, -0.25) is 66.3 Å². The molecule has 5 N–H and O–H groups in total. The predicted octanol–water partition coefficient (Wildman–Crippen LogP) is 16.7. The van der Waals surface area contributed by atoms with Crippen LogP contribution in [0.15, 0.2) is 171 Å². The van der Waals surface area contributed by atoms with Gasteiger partial charge in [-0.1, -0.05) is 75.4 Å². The molecule has 654 valence electrons. The molecule has 7 aromatic carbocycles. The van der Waals surface area contributed by atoms with E-state index in [0.29, 0.717) is 71.1 Å². The van der Waals surface area contributed by atoms with Crippen LogP contribution >= 0.6 is 95.2 Å². The van der Waals surface area contributed by atoms with Gasteiger partial charge in [-0.05, 0) is 147 Å². The summed E-state index contributed by atoms with van der Waals surface area (Å²) in [5.74, 6) is 0.237. The van der Waals surface area contributed by atoms with Gasteiger partial charge in [0, 0.05) is 118 Å². The molecule has 0 amide bonds. The van der Waals surface area contributed by atoms with Gasteiger partial charge in [0.15, 0.2) is 35.9 Å². The second-order valence-electron chi connectivity index (χ2n) is 22.9. The van der Waals surface area contributed by atoms with Gasteiger partial charge in [0.2, 0.25) is 7.37 Å². The monoisotopic (exact) mass is 2060 g/mol. The Balaban J connectivity index is -0.000000635. The van der Waals surface area contributed by atoms with E-state index in [4.69, 9.17) is 101 Å². The van der Waals surface area contributed by atoms with Crippen molar-refractivity contribution >= 4 is 198 Å². The molecular formula is C73H99BrCl5MgN7O25P6Sn. The van der Waals surface area contributed by atoms with E-state index in [1.165, 1.54) is 139 Å². The van der Waals surface area contributed by atoms with Crippen LogP contribution in [0.25, 0.3) is 0 Å². The van der Waals surface area contributed by atoms with E-state index in [9.17, 15) is 73.4 Å². The maximum atomic E-state index is 12.8. The van der Waals surface area contributed by atoms with Crippen molar-refractivity contribution in [2.24, 2.45) is 5.73 Å². The van der Waals surface area contributed by atoms with Gasteiger partial charge in [-0.25, -0.2) is 0 Å². The number of hydrogen-bond acceptors (Lipinski definition) is 27. The molecule has 0 aromatic heterocycles. The molecule has 0 spiro atoms. The van der Waals surface area contributed by atoms with Gasteiger partial charge < -0.3 is 95.6 Å². The molecule has 32 nitrogen and oxygen atoms in total. The first-order valence-corrected chi connectivity index (χ1v) is 54.5. The number of nitro groups is 5. The van der Waals surface area contributed by atoms with Crippen LogP contribution in [0.3, 0.4) is 0 Å². The fraction of sp³-hybridized carbons (Fsp3) is 0.342. The van der Waals surface area contributed by atoms with E-state index in [1.54, 1.807) is 32.2 Å². The molecule has 9 rings (SSSR count). The number of rotatable bonds is 25. The van der Waals surface area contributed by atoms with Crippen LogP contribution < -0.4 is 83.4 Å². The van der Waals surface area contributed by atoms with E-state index in [1.807, 2.05) is 56.3 Å². The van der Waals surface area contributed by atoms with Gasteiger partial charge >= 0.3 is 96.8 Å². The zero-order valence-corrected chi connectivity index (χ0v) is 81.3. The molecule has 1 atom stereocenters. The third-order valence-electron chi connectivity index (χ3n) is 15.7. The van der Waals surface area contributed by atoms with Gasteiger partial charge in [0.25, 0.3) is 5.85 Å². The molecule has 0 saturated carbocycles. The third kappa shape index (κ3) is 42.0. The van der Waals surface area contributed by atoms with Gasteiger partial charge in [0.05, 0.1) is 92.8 Å². The SMILES string of the molecule is C.C=CP(=O)(C=C)c1ccc([N+](=O)[O-])c(OC)c1.CCOP(C)(=O)c1ccc([N+](=O)[O-])c(OC)c1.CCOP(O)OCC.COc1cc(Cl)ccc1[N+](=O)[O-].COc1cc(P(=O)(Cl)Cl)ccc1[N+](=O)[O-].COc1cc(P2(=O)CCCCC2)ccc1N.COc1cc(P2(=O)CCCCC2)ccc1[N+](=O)[O-].NCc1ccccc1.[Br-].[CH-]=C.[Cl][Sn][Cl].[Mg+2]. The molecule has 46 heteroatoms. The van der Waals surface area contributed by atoms with E-state index in [2.05, 4.69) is 35.4 Å². The summed E-state index contributed by atoms with van der Waals surface area (Å²) < 4.78 is 105. The van der Waals surface area contributed by atoms with Crippen LogP contribution in [-0.2, 0) is 42.9 Å². The van der Waals surface area contributed by atoms with Gasteiger partial charge in [-0.15, -0.1) is 0 Å². The number of nitro benzene ring substituents is 5. The Morgan fingerprint density at radius 2 is 0.832 bits per heavy atom. The summed E-state index contributed by atoms with van der Waals surface area (Å²) in [6.07, 6.45) is 9.48. The Morgan fingerprint density at radius 1 is 0.521 bits per heavy atom. The molecule has 2 saturated heterocycles.